The monoisotopic (exact) mass is 291 g/mol. The Morgan fingerprint density at radius 2 is 2.33 bits per heavy atom. The van der Waals surface area contributed by atoms with E-state index in [0.29, 0.717) is 6.42 Å². The van der Waals surface area contributed by atoms with Gasteiger partial charge in [0.15, 0.2) is 0 Å². The largest absolute Gasteiger partial charge is 0.481 e. The molecule has 1 aromatic rings. The Morgan fingerprint density at radius 1 is 1.67 bits per heavy atom. The number of carboxylic acids is 1. The van der Waals surface area contributed by atoms with Crippen LogP contribution in [0, 0.1) is 5.92 Å². The maximum Gasteiger partial charge on any atom is 0.303 e. The summed E-state index contributed by atoms with van der Waals surface area (Å²) in [6.07, 6.45) is 0.888. The molecule has 0 aliphatic heterocycles. The fourth-order valence-corrected chi connectivity index (χ4v) is 2.90. The molecule has 15 heavy (non-hydrogen) atoms. The minimum atomic E-state index is -0.762. The van der Waals surface area contributed by atoms with Crippen LogP contribution in [0.5, 0.6) is 0 Å². The summed E-state index contributed by atoms with van der Waals surface area (Å²) < 4.78 is 1.05. The van der Waals surface area contributed by atoms with E-state index in [4.69, 9.17) is 10.8 Å². The van der Waals surface area contributed by atoms with Crippen LogP contribution in [0.4, 0.5) is 0 Å². The molecular formula is C10H14BrNO2S. The SMILES string of the molecule is CC(CC(=O)O)CC(N)c1ccc(Br)s1. The van der Waals surface area contributed by atoms with Crippen molar-refractivity contribution in [1.29, 1.82) is 0 Å². The van der Waals surface area contributed by atoms with Gasteiger partial charge in [0.25, 0.3) is 0 Å². The lowest BCUT2D eigenvalue weighted by molar-refractivity contribution is -0.138. The molecule has 0 bridgehead atoms. The highest BCUT2D eigenvalue weighted by Gasteiger charge is 2.15. The Hall–Kier alpha value is -0.390. The topological polar surface area (TPSA) is 63.3 Å². The van der Waals surface area contributed by atoms with Gasteiger partial charge < -0.3 is 10.8 Å². The van der Waals surface area contributed by atoms with Gasteiger partial charge in [-0.1, -0.05) is 6.92 Å². The van der Waals surface area contributed by atoms with Crippen LogP contribution < -0.4 is 5.73 Å². The second-order valence-electron chi connectivity index (χ2n) is 3.69. The Bertz CT molecular complexity index is 340. The van der Waals surface area contributed by atoms with Crippen molar-refractivity contribution >= 4 is 33.2 Å². The fourth-order valence-electron chi connectivity index (χ4n) is 1.46. The van der Waals surface area contributed by atoms with Crippen LogP contribution in [0.3, 0.4) is 0 Å². The maximum atomic E-state index is 10.5. The van der Waals surface area contributed by atoms with Crippen LogP contribution in [-0.2, 0) is 4.79 Å². The van der Waals surface area contributed by atoms with Gasteiger partial charge in [0.1, 0.15) is 0 Å². The third-order valence-corrected chi connectivity index (χ3v) is 3.89. The third kappa shape index (κ3) is 4.32. The van der Waals surface area contributed by atoms with E-state index in [2.05, 4.69) is 15.9 Å². The highest BCUT2D eigenvalue weighted by molar-refractivity contribution is 9.11. The van der Waals surface area contributed by atoms with Gasteiger partial charge in [0, 0.05) is 17.3 Å². The van der Waals surface area contributed by atoms with E-state index in [1.54, 1.807) is 11.3 Å². The lowest BCUT2D eigenvalue weighted by Crippen LogP contribution is -2.14. The van der Waals surface area contributed by atoms with Gasteiger partial charge in [0.05, 0.1) is 3.79 Å². The number of nitrogens with two attached hydrogens (primary N) is 1. The molecule has 0 spiro atoms. The molecule has 0 radical (unpaired) electrons. The average molecular weight is 292 g/mol. The van der Waals surface area contributed by atoms with E-state index in [-0.39, 0.29) is 18.4 Å². The van der Waals surface area contributed by atoms with Crippen LogP contribution in [0.15, 0.2) is 15.9 Å². The average Bonchev–Trinajstić information content (AvgIpc) is 2.49. The molecule has 3 nitrogen and oxygen atoms in total. The first kappa shape index (κ1) is 12.7. The van der Waals surface area contributed by atoms with Gasteiger partial charge in [-0.15, -0.1) is 11.3 Å². The van der Waals surface area contributed by atoms with Crippen molar-refractivity contribution in [1.82, 2.24) is 0 Å². The van der Waals surface area contributed by atoms with Crippen LogP contribution in [-0.4, -0.2) is 11.1 Å². The molecule has 1 rings (SSSR count). The van der Waals surface area contributed by atoms with Gasteiger partial charge in [-0.3, -0.25) is 4.79 Å². The Morgan fingerprint density at radius 3 is 2.80 bits per heavy atom. The number of carbonyl (C=O) groups is 1. The van der Waals surface area contributed by atoms with Crippen LogP contribution in [0.2, 0.25) is 0 Å². The maximum absolute atomic E-state index is 10.5. The van der Waals surface area contributed by atoms with E-state index in [1.165, 1.54) is 0 Å². The number of carboxylic acid groups (broad SMARTS) is 1. The van der Waals surface area contributed by atoms with Crippen molar-refractivity contribution < 1.29 is 9.90 Å². The highest BCUT2D eigenvalue weighted by atomic mass is 79.9. The summed E-state index contributed by atoms with van der Waals surface area (Å²) in [5.41, 5.74) is 5.98. The summed E-state index contributed by atoms with van der Waals surface area (Å²) in [5, 5.41) is 8.63. The second kappa shape index (κ2) is 5.63. The third-order valence-electron chi connectivity index (χ3n) is 2.14. The standard InChI is InChI=1S/C10H14BrNO2S/c1-6(5-10(13)14)4-7(12)8-2-3-9(11)15-8/h2-3,6-7H,4-5,12H2,1H3,(H,13,14). The van der Waals surface area contributed by atoms with E-state index >= 15 is 0 Å². The van der Waals surface area contributed by atoms with Gasteiger partial charge in [-0.25, -0.2) is 0 Å². The number of halogens is 1. The molecule has 3 N–H and O–H groups in total. The van der Waals surface area contributed by atoms with E-state index in [9.17, 15) is 4.79 Å². The Kier molecular flexibility index (Phi) is 4.76. The summed E-state index contributed by atoms with van der Waals surface area (Å²) in [5.74, 6) is -0.652. The number of thiophene rings is 1. The minimum absolute atomic E-state index is 0.0596. The first-order chi connectivity index (χ1) is 6.99. The van der Waals surface area contributed by atoms with Crippen molar-refractivity contribution in [3.8, 4) is 0 Å². The summed E-state index contributed by atoms with van der Waals surface area (Å²) >= 11 is 4.98. The lowest BCUT2D eigenvalue weighted by Gasteiger charge is -2.14. The van der Waals surface area contributed by atoms with Crippen LogP contribution >= 0.6 is 27.3 Å². The van der Waals surface area contributed by atoms with Crippen LogP contribution in [0.1, 0.15) is 30.7 Å². The van der Waals surface area contributed by atoms with E-state index in [1.807, 2.05) is 19.1 Å². The van der Waals surface area contributed by atoms with Gasteiger partial charge in [0.2, 0.25) is 0 Å². The molecule has 0 saturated carbocycles. The Balaban J connectivity index is 2.48. The summed E-state index contributed by atoms with van der Waals surface area (Å²) in [6.45, 7) is 1.91. The molecule has 0 amide bonds. The quantitative estimate of drug-likeness (QED) is 0.877. The molecular weight excluding hydrogens is 278 g/mol. The molecule has 1 heterocycles. The van der Waals surface area contributed by atoms with Crippen LogP contribution in [0.25, 0.3) is 0 Å². The zero-order valence-corrected chi connectivity index (χ0v) is 10.8. The lowest BCUT2D eigenvalue weighted by atomic mass is 9.98. The number of hydrogen-bond donors (Lipinski definition) is 2. The predicted octanol–water partition coefficient (Wildman–Crippen LogP) is 3.01. The van der Waals surface area contributed by atoms with Gasteiger partial charge in [-0.05, 0) is 40.4 Å². The molecule has 84 valence electrons. The molecule has 0 aliphatic rings. The van der Waals surface area contributed by atoms with Crippen molar-refractivity contribution in [3.63, 3.8) is 0 Å². The van der Waals surface area contributed by atoms with Crippen molar-refractivity contribution in [2.45, 2.75) is 25.8 Å². The molecule has 2 unspecified atom stereocenters. The molecule has 1 aromatic heterocycles. The second-order valence-corrected chi connectivity index (χ2v) is 6.18. The van der Waals surface area contributed by atoms with Gasteiger partial charge >= 0.3 is 5.97 Å². The Labute approximate surface area is 101 Å². The van der Waals surface area contributed by atoms with Crippen molar-refractivity contribution in [2.24, 2.45) is 11.7 Å². The smallest absolute Gasteiger partial charge is 0.303 e. The van der Waals surface area contributed by atoms with Crippen molar-refractivity contribution in [2.75, 3.05) is 0 Å². The molecule has 0 aromatic carbocycles. The highest BCUT2D eigenvalue weighted by Crippen LogP contribution is 2.29. The first-order valence-electron chi connectivity index (χ1n) is 4.71. The molecule has 5 heteroatoms. The summed E-state index contributed by atoms with van der Waals surface area (Å²) in [6, 6.07) is 3.88. The first-order valence-corrected chi connectivity index (χ1v) is 6.32. The van der Waals surface area contributed by atoms with E-state index in [0.717, 1.165) is 8.66 Å². The number of aliphatic carboxylic acids is 1. The summed E-state index contributed by atoms with van der Waals surface area (Å²) in [7, 11) is 0. The molecule has 2 atom stereocenters. The minimum Gasteiger partial charge on any atom is -0.481 e. The van der Waals surface area contributed by atoms with E-state index < -0.39 is 5.97 Å². The van der Waals surface area contributed by atoms with Crippen molar-refractivity contribution in [3.05, 3.63) is 20.8 Å². The van der Waals surface area contributed by atoms with Gasteiger partial charge in [-0.2, -0.15) is 0 Å². The molecule has 0 aliphatic carbocycles. The summed E-state index contributed by atoms with van der Waals surface area (Å²) in [4.78, 5) is 11.6. The zero-order valence-electron chi connectivity index (χ0n) is 8.44. The fraction of sp³-hybridized carbons (Fsp3) is 0.500. The molecule has 0 saturated heterocycles. The normalized spacial score (nSPS) is 14.9. The zero-order chi connectivity index (χ0) is 11.4. The molecule has 0 fully saturated rings. The number of hydrogen-bond acceptors (Lipinski definition) is 3. The predicted molar refractivity (Wildman–Crippen MR) is 65.0 cm³/mol. The number of rotatable bonds is 5.